The number of hydrogen-bond donors (Lipinski definition) is 2. The zero-order chi connectivity index (χ0) is 15.9. The lowest BCUT2D eigenvalue weighted by molar-refractivity contribution is -0.153. The number of nitrogens with one attached hydrogen (secondary N) is 1. The quantitative estimate of drug-likeness (QED) is 0.812. The molecule has 7 heteroatoms. The van der Waals surface area contributed by atoms with Crippen LogP contribution in [0.4, 0.5) is 13.2 Å². The standard InChI is InChI=1S/C14H19F3N2O2/c1-10(6-7-18)13(20)19-8-11-2-4-12(5-3-11)21-9-14(15,16)17/h2-5,10H,6-9,18H2,1H3,(H,19,20). The maximum Gasteiger partial charge on any atom is 0.422 e. The van der Waals surface area contributed by atoms with Gasteiger partial charge in [0.05, 0.1) is 0 Å². The van der Waals surface area contributed by atoms with Crippen LogP contribution >= 0.6 is 0 Å². The van der Waals surface area contributed by atoms with Gasteiger partial charge in [0.2, 0.25) is 5.91 Å². The van der Waals surface area contributed by atoms with E-state index in [1.54, 1.807) is 19.1 Å². The van der Waals surface area contributed by atoms with E-state index >= 15 is 0 Å². The minimum Gasteiger partial charge on any atom is -0.484 e. The van der Waals surface area contributed by atoms with Crippen LogP contribution in [0.25, 0.3) is 0 Å². The number of amides is 1. The van der Waals surface area contributed by atoms with Gasteiger partial charge >= 0.3 is 6.18 Å². The fourth-order valence-corrected chi connectivity index (χ4v) is 1.61. The Morgan fingerprint density at radius 2 is 1.95 bits per heavy atom. The van der Waals surface area contributed by atoms with Crippen LogP contribution in [0.2, 0.25) is 0 Å². The third kappa shape index (κ3) is 6.99. The van der Waals surface area contributed by atoms with Gasteiger partial charge in [-0.1, -0.05) is 19.1 Å². The zero-order valence-electron chi connectivity index (χ0n) is 11.7. The highest BCUT2D eigenvalue weighted by Crippen LogP contribution is 2.18. The van der Waals surface area contributed by atoms with Crippen molar-refractivity contribution in [1.29, 1.82) is 0 Å². The molecule has 1 unspecified atom stereocenters. The zero-order valence-corrected chi connectivity index (χ0v) is 11.7. The second kappa shape index (κ2) is 7.87. The second-order valence-corrected chi connectivity index (χ2v) is 4.74. The van der Waals surface area contributed by atoms with Crippen LogP contribution in [0.15, 0.2) is 24.3 Å². The fraction of sp³-hybridized carbons (Fsp3) is 0.500. The SMILES string of the molecule is CC(CCN)C(=O)NCc1ccc(OCC(F)(F)F)cc1. The number of nitrogens with two attached hydrogens (primary N) is 1. The number of carbonyl (C=O) groups is 1. The van der Waals surface area contributed by atoms with Gasteiger partial charge in [-0.25, -0.2) is 0 Å². The fourth-order valence-electron chi connectivity index (χ4n) is 1.61. The number of ether oxygens (including phenoxy) is 1. The molecule has 0 aromatic heterocycles. The molecule has 0 saturated carbocycles. The average molecular weight is 304 g/mol. The third-order valence-electron chi connectivity index (χ3n) is 2.84. The Kier molecular flexibility index (Phi) is 6.48. The largest absolute Gasteiger partial charge is 0.484 e. The molecular weight excluding hydrogens is 285 g/mol. The van der Waals surface area contributed by atoms with Gasteiger partial charge in [0, 0.05) is 12.5 Å². The van der Waals surface area contributed by atoms with Crippen molar-refractivity contribution in [1.82, 2.24) is 5.32 Å². The van der Waals surface area contributed by atoms with Crippen LogP contribution in [-0.4, -0.2) is 25.2 Å². The Labute approximate surface area is 121 Å². The minimum atomic E-state index is -4.36. The predicted octanol–water partition coefficient (Wildman–Crippen LogP) is 2.23. The highest BCUT2D eigenvalue weighted by Gasteiger charge is 2.28. The first kappa shape index (κ1) is 17.3. The number of halogens is 3. The highest BCUT2D eigenvalue weighted by molar-refractivity contribution is 5.78. The topological polar surface area (TPSA) is 64.4 Å². The van der Waals surface area contributed by atoms with Gasteiger partial charge in [0.15, 0.2) is 6.61 Å². The number of rotatable bonds is 7. The Balaban J connectivity index is 2.42. The molecule has 21 heavy (non-hydrogen) atoms. The van der Waals surface area contributed by atoms with Crippen LogP contribution in [0.5, 0.6) is 5.75 Å². The molecule has 0 bridgehead atoms. The summed E-state index contributed by atoms with van der Waals surface area (Å²) in [4.78, 5) is 11.7. The maximum atomic E-state index is 12.0. The molecular formula is C14H19F3N2O2. The van der Waals surface area contributed by atoms with Gasteiger partial charge in [-0.15, -0.1) is 0 Å². The smallest absolute Gasteiger partial charge is 0.422 e. The molecule has 1 aromatic carbocycles. The Morgan fingerprint density at radius 1 is 1.33 bits per heavy atom. The van der Waals surface area contributed by atoms with Crippen molar-refractivity contribution in [3.63, 3.8) is 0 Å². The van der Waals surface area contributed by atoms with E-state index in [0.717, 1.165) is 5.56 Å². The Hall–Kier alpha value is -1.76. The van der Waals surface area contributed by atoms with Crippen LogP contribution in [0, 0.1) is 5.92 Å². The summed E-state index contributed by atoms with van der Waals surface area (Å²) in [6.45, 7) is 1.23. The molecule has 1 atom stereocenters. The van der Waals surface area contributed by atoms with Crippen LogP contribution in [0.1, 0.15) is 18.9 Å². The number of hydrogen-bond acceptors (Lipinski definition) is 3. The van der Waals surface area contributed by atoms with E-state index in [4.69, 9.17) is 5.73 Å². The maximum absolute atomic E-state index is 12.0. The monoisotopic (exact) mass is 304 g/mol. The van der Waals surface area contributed by atoms with E-state index in [9.17, 15) is 18.0 Å². The normalized spacial score (nSPS) is 12.8. The van der Waals surface area contributed by atoms with Gasteiger partial charge in [0.25, 0.3) is 0 Å². The first-order valence-corrected chi connectivity index (χ1v) is 6.58. The molecule has 0 fully saturated rings. The van der Waals surface area contributed by atoms with Gasteiger partial charge < -0.3 is 15.8 Å². The summed E-state index contributed by atoms with van der Waals surface area (Å²) in [7, 11) is 0. The molecule has 1 aromatic rings. The van der Waals surface area contributed by atoms with Crippen molar-refractivity contribution >= 4 is 5.91 Å². The molecule has 118 valence electrons. The van der Waals surface area contributed by atoms with E-state index in [1.807, 2.05) is 0 Å². The summed E-state index contributed by atoms with van der Waals surface area (Å²) >= 11 is 0. The van der Waals surface area contributed by atoms with Gasteiger partial charge in [-0.2, -0.15) is 13.2 Å². The molecule has 0 radical (unpaired) electrons. The van der Waals surface area contributed by atoms with E-state index in [1.165, 1.54) is 12.1 Å². The summed E-state index contributed by atoms with van der Waals surface area (Å²) in [5, 5.41) is 2.74. The van der Waals surface area contributed by atoms with Crippen LogP contribution in [0.3, 0.4) is 0 Å². The summed E-state index contributed by atoms with van der Waals surface area (Å²) < 4.78 is 40.6. The highest BCUT2D eigenvalue weighted by atomic mass is 19.4. The summed E-state index contributed by atoms with van der Waals surface area (Å²) in [6.07, 6.45) is -3.75. The van der Waals surface area contributed by atoms with E-state index in [-0.39, 0.29) is 17.6 Å². The molecule has 0 saturated heterocycles. The van der Waals surface area contributed by atoms with Crippen molar-refractivity contribution in [2.75, 3.05) is 13.2 Å². The van der Waals surface area contributed by atoms with Gasteiger partial charge in [0.1, 0.15) is 5.75 Å². The number of carbonyl (C=O) groups excluding carboxylic acids is 1. The molecule has 4 nitrogen and oxygen atoms in total. The summed E-state index contributed by atoms with van der Waals surface area (Å²) in [6, 6.07) is 6.10. The van der Waals surface area contributed by atoms with E-state index in [0.29, 0.717) is 19.5 Å². The summed E-state index contributed by atoms with van der Waals surface area (Å²) in [5.41, 5.74) is 6.16. The van der Waals surface area contributed by atoms with Crippen LogP contribution < -0.4 is 15.8 Å². The van der Waals surface area contributed by atoms with Crippen molar-refractivity contribution in [3.05, 3.63) is 29.8 Å². The van der Waals surface area contributed by atoms with Crippen molar-refractivity contribution in [2.24, 2.45) is 11.7 Å². The van der Waals surface area contributed by atoms with Crippen molar-refractivity contribution in [2.45, 2.75) is 26.1 Å². The summed E-state index contributed by atoms with van der Waals surface area (Å²) in [5.74, 6) is -0.124. The molecule has 0 heterocycles. The van der Waals surface area contributed by atoms with E-state index in [2.05, 4.69) is 10.1 Å². The lowest BCUT2D eigenvalue weighted by Crippen LogP contribution is -2.29. The van der Waals surface area contributed by atoms with E-state index < -0.39 is 12.8 Å². The molecule has 0 aliphatic carbocycles. The first-order valence-electron chi connectivity index (χ1n) is 6.58. The molecule has 3 N–H and O–H groups in total. The number of benzene rings is 1. The predicted molar refractivity (Wildman–Crippen MR) is 72.7 cm³/mol. The van der Waals surface area contributed by atoms with Crippen LogP contribution in [-0.2, 0) is 11.3 Å². The Morgan fingerprint density at radius 3 is 2.48 bits per heavy atom. The van der Waals surface area contributed by atoms with Crippen molar-refractivity contribution in [3.8, 4) is 5.75 Å². The molecule has 1 amide bonds. The van der Waals surface area contributed by atoms with Gasteiger partial charge in [-0.05, 0) is 30.7 Å². The third-order valence-corrected chi connectivity index (χ3v) is 2.84. The number of alkyl halides is 3. The molecule has 0 spiro atoms. The molecule has 0 aliphatic rings. The lowest BCUT2D eigenvalue weighted by Gasteiger charge is -2.12. The van der Waals surface area contributed by atoms with Gasteiger partial charge in [-0.3, -0.25) is 4.79 Å². The average Bonchev–Trinajstić information content (AvgIpc) is 2.43. The minimum absolute atomic E-state index is 0.0992. The Bertz CT molecular complexity index is 447. The first-order chi connectivity index (χ1) is 9.81. The molecule has 0 aliphatic heterocycles. The lowest BCUT2D eigenvalue weighted by atomic mass is 10.1. The molecule has 1 rings (SSSR count). The van der Waals surface area contributed by atoms with Crippen molar-refractivity contribution < 1.29 is 22.7 Å². The second-order valence-electron chi connectivity index (χ2n) is 4.74.